The standard InChI is InChI=1S/C10H17N/c1-5-9-8(6-7-11-9)10(2,3)4/h6-7,11H,5H2,1-4H3. The summed E-state index contributed by atoms with van der Waals surface area (Å²) in [5.74, 6) is 0. The number of aromatic nitrogens is 1. The zero-order valence-corrected chi connectivity index (χ0v) is 7.86. The third-order valence-corrected chi connectivity index (χ3v) is 1.99. The fourth-order valence-electron chi connectivity index (χ4n) is 1.40. The van der Waals surface area contributed by atoms with E-state index in [9.17, 15) is 0 Å². The van der Waals surface area contributed by atoms with Gasteiger partial charge in [-0.1, -0.05) is 27.7 Å². The molecule has 1 heteroatoms. The molecule has 0 saturated heterocycles. The Kier molecular flexibility index (Phi) is 2.08. The van der Waals surface area contributed by atoms with Gasteiger partial charge in [0.2, 0.25) is 0 Å². The molecule has 0 atom stereocenters. The summed E-state index contributed by atoms with van der Waals surface area (Å²) in [6.45, 7) is 8.92. The highest BCUT2D eigenvalue weighted by molar-refractivity contribution is 5.27. The van der Waals surface area contributed by atoms with Gasteiger partial charge in [0.05, 0.1) is 0 Å². The van der Waals surface area contributed by atoms with Crippen LogP contribution in [0.2, 0.25) is 0 Å². The van der Waals surface area contributed by atoms with Gasteiger partial charge in [0.1, 0.15) is 0 Å². The number of nitrogens with one attached hydrogen (secondary N) is 1. The van der Waals surface area contributed by atoms with E-state index in [1.807, 2.05) is 6.20 Å². The molecule has 0 bridgehead atoms. The van der Waals surface area contributed by atoms with E-state index in [1.165, 1.54) is 11.3 Å². The van der Waals surface area contributed by atoms with Gasteiger partial charge in [0.25, 0.3) is 0 Å². The number of H-pyrrole nitrogens is 1. The van der Waals surface area contributed by atoms with E-state index in [0.717, 1.165) is 6.42 Å². The maximum absolute atomic E-state index is 3.26. The van der Waals surface area contributed by atoms with Gasteiger partial charge in [0, 0.05) is 11.9 Å². The van der Waals surface area contributed by atoms with Crippen molar-refractivity contribution in [3.63, 3.8) is 0 Å². The van der Waals surface area contributed by atoms with Gasteiger partial charge >= 0.3 is 0 Å². The molecule has 0 radical (unpaired) electrons. The molecule has 11 heavy (non-hydrogen) atoms. The summed E-state index contributed by atoms with van der Waals surface area (Å²) in [5.41, 5.74) is 3.10. The van der Waals surface area contributed by atoms with Crippen LogP contribution in [0.5, 0.6) is 0 Å². The predicted octanol–water partition coefficient (Wildman–Crippen LogP) is 2.87. The molecule has 1 aromatic rings. The smallest absolute Gasteiger partial charge is 0.0182 e. The van der Waals surface area contributed by atoms with Crippen molar-refractivity contribution in [1.82, 2.24) is 4.98 Å². The third-order valence-electron chi connectivity index (χ3n) is 1.99. The minimum Gasteiger partial charge on any atom is -0.365 e. The van der Waals surface area contributed by atoms with E-state index in [4.69, 9.17) is 0 Å². The van der Waals surface area contributed by atoms with Crippen molar-refractivity contribution >= 4 is 0 Å². The first-order valence-corrected chi connectivity index (χ1v) is 4.22. The Hall–Kier alpha value is -0.720. The van der Waals surface area contributed by atoms with Gasteiger partial charge in [-0.25, -0.2) is 0 Å². The molecule has 1 heterocycles. The van der Waals surface area contributed by atoms with Gasteiger partial charge in [-0.05, 0) is 23.5 Å². The molecule has 0 aliphatic carbocycles. The number of hydrogen-bond donors (Lipinski definition) is 1. The molecular weight excluding hydrogens is 134 g/mol. The molecule has 1 N–H and O–H groups in total. The van der Waals surface area contributed by atoms with Crippen molar-refractivity contribution < 1.29 is 0 Å². The average Bonchev–Trinajstić information content (AvgIpc) is 2.31. The summed E-state index contributed by atoms with van der Waals surface area (Å²) in [7, 11) is 0. The molecule has 0 aromatic carbocycles. The molecule has 1 nitrogen and oxygen atoms in total. The lowest BCUT2D eigenvalue weighted by Gasteiger charge is -2.18. The molecular formula is C10H17N. The first-order valence-electron chi connectivity index (χ1n) is 4.22. The average molecular weight is 151 g/mol. The molecule has 0 spiro atoms. The van der Waals surface area contributed by atoms with Crippen LogP contribution < -0.4 is 0 Å². The number of hydrogen-bond acceptors (Lipinski definition) is 0. The van der Waals surface area contributed by atoms with Crippen LogP contribution in [0.4, 0.5) is 0 Å². The summed E-state index contributed by atoms with van der Waals surface area (Å²) in [5, 5.41) is 0. The van der Waals surface area contributed by atoms with Crippen LogP contribution in [-0.4, -0.2) is 4.98 Å². The Morgan fingerprint density at radius 2 is 2.00 bits per heavy atom. The Labute approximate surface area is 68.8 Å². The summed E-state index contributed by atoms with van der Waals surface area (Å²) in [4.78, 5) is 3.26. The van der Waals surface area contributed by atoms with E-state index in [0.29, 0.717) is 0 Å². The van der Waals surface area contributed by atoms with Gasteiger partial charge in [-0.15, -0.1) is 0 Å². The topological polar surface area (TPSA) is 15.8 Å². The largest absolute Gasteiger partial charge is 0.365 e. The second-order valence-electron chi connectivity index (χ2n) is 3.97. The molecule has 1 rings (SSSR count). The maximum Gasteiger partial charge on any atom is 0.0182 e. The van der Waals surface area contributed by atoms with Crippen LogP contribution in [-0.2, 0) is 11.8 Å². The first-order chi connectivity index (χ1) is 5.05. The molecule has 1 aromatic heterocycles. The molecule has 0 unspecified atom stereocenters. The van der Waals surface area contributed by atoms with Gasteiger partial charge in [-0.3, -0.25) is 0 Å². The lowest BCUT2D eigenvalue weighted by Crippen LogP contribution is -2.12. The molecule has 62 valence electrons. The van der Waals surface area contributed by atoms with Crippen molar-refractivity contribution in [1.29, 1.82) is 0 Å². The van der Waals surface area contributed by atoms with Gasteiger partial charge in [0.15, 0.2) is 0 Å². The summed E-state index contributed by atoms with van der Waals surface area (Å²) in [6, 6.07) is 2.18. The second-order valence-corrected chi connectivity index (χ2v) is 3.97. The highest BCUT2D eigenvalue weighted by atomic mass is 14.7. The fourth-order valence-corrected chi connectivity index (χ4v) is 1.40. The molecule has 0 amide bonds. The SMILES string of the molecule is CCc1[nH]ccc1C(C)(C)C. The lowest BCUT2D eigenvalue weighted by molar-refractivity contribution is 0.583. The minimum absolute atomic E-state index is 0.283. The summed E-state index contributed by atoms with van der Waals surface area (Å²) in [6.07, 6.45) is 3.12. The van der Waals surface area contributed by atoms with Crippen molar-refractivity contribution in [2.24, 2.45) is 0 Å². The Balaban J connectivity index is 3.02. The normalized spacial score (nSPS) is 12.0. The Morgan fingerprint density at radius 3 is 2.36 bits per heavy atom. The summed E-state index contributed by atoms with van der Waals surface area (Å²) >= 11 is 0. The van der Waals surface area contributed by atoms with Crippen LogP contribution in [0.15, 0.2) is 12.3 Å². The number of aryl methyl sites for hydroxylation is 1. The number of aromatic amines is 1. The lowest BCUT2D eigenvalue weighted by atomic mass is 9.86. The van der Waals surface area contributed by atoms with Crippen molar-refractivity contribution in [3.8, 4) is 0 Å². The monoisotopic (exact) mass is 151 g/mol. The van der Waals surface area contributed by atoms with Gasteiger partial charge in [-0.2, -0.15) is 0 Å². The van der Waals surface area contributed by atoms with Crippen molar-refractivity contribution in [2.45, 2.75) is 39.5 Å². The zero-order valence-electron chi connectivity index (χ0n) is 7.86. The molecule has 0 fully saturated rings. The third kappa shape index (κ3) is 1.65. The van der Waals surface area contributed by atoms with Crippen LogP contribution in [0, 0.1) is 0 Å². The molecule has 0 saturated carbocycles. The van der Waals surface area contributed by atoms with E-state index in [1.54, 1.807) is 0 Å². The Morgan fingerprint density at radius 1 is 1.36 bits per heavy atom. The second kappa shape index (κ2) is 2.72. The predicted molar refractivity (Wildman–Crippen MR) is 48.9 cm³/mol. The molecule has 0 aliphatic rings. The quantitative estimate of drug-likeness (QED) is 0.635. The highest BCUT2D eigenvalue weighted by Gasteiger charge is 2.17. The van der Waals surface area contributed by atoms with Crippen LogP contribution in [0.3, 0.4) is 0 Å². The first kappa shape index (κ1) is 8.38. The molecule has 0 aliphatic heterocycles. The van der Waals surface area contributed by atoms with E-state index in [2.05, 4.69) is 38.7 Å². The highest BCUT2D eigenvalue weighted by Crippen LogP contribution is 2.25. The maximum atomic E-state index is 3.26. The fraction of sp³-hybridized carbons (Fsp3) is 0.600. The van der Waals surface area contributed by atoms with Crippen LogP contribution in [0.1, 0.15) is 39.0 Å². The van der Waals surface area contributed by atoms with Crippen molar-refractivity contribution in [2.75, 3.05) is 0 Å². The summed E-state index contributed by atoms with van der Waals surface area (Å²) < 4.78 is 0. The van der Waals surface area contributed by atoms with E-state index in [-0.39, 0.29) is 5.41 Å². The number of rotatable bonds is 1. The minimum atomic E-state index is 0.283. The van der Waals surface area contributed by atoms with Crippen LogP contribution in [0.25, 0.3) is 0 Å². The van der Waals surface area contributed by atoms with Crippen LogP contribution >= 0.6 is 0 Å². The van der Waals surface area contributed by atoms with E-state index >= 15 is 0 Å². The zero-order chi connectivity index (χ0) is 8.48. The Bertz CT molecular complexity index is 227. The van der Waals surface area contributed by atoms with Gasteiger partial charge < -0.3 is 4.98 Å². The van der Waals surface area contributed by atoms with E-state index < -0.39 is 0 Å². The van der Waals surface area contributed by atoms with Crippen molar-refractivity contribution in [3.05, 3.63) is 23.5 Å².